The van der Waals surface area contributed by atoms with Crippen molar-refractivity contribution in [1.29, 1.82) is 0 Å². The summed E-state index contributed by atoms with van der Waals surface area (Å²) in [7, 11) is 0. The summed E-state index contributed by atoms with van der Waals surface area (Å²) < 4.78 is 0. The van der Waals surface area contributed by atoms with Crippen molar-refractivity contribution in [2.45, 2.75) is 44.1 Å². The number of pyridine rings is 1. The lowest BCUT2D eigenvalue weighted by molar-refractivity contribution is 0.0171. The lowest BCUT2D eigenvalue weighted by Crippen LogP contribution is -2.37. The first-order valence-electron chi connectivity index (χ1n) is 6.01. The predicted molar refractivity (Wildman–Crippen MR) is 64.2 cm³/mol. The number of rotatable bonds is 3. The number of nitrogens with zero attached hydrogens (tertiary/aromatic N) is 1. The van der Waals surface area contributed by atoms with Gasteiger partial charge < -0.3 is 10.8 Å². The van der Waals surface area contributed by atoms with E-state index >= 15 is 0 Å². The van der Waals surface area contributed by atoms with Gasteiger partial charge in [-0.1, -0.05) is 6.07 Å². The van der Waals surface area contributed by atoms with Crippen molar-refractivity contribution in [2.75, 3.05) is 6.54 Å². The highest BCUT2D eigenvalue weighted by Crippen LogP contribution is 2.38. The van der Waals surface area contributed by atoms with Gasteiger partial charge in [0.2, 0.25) is 0 Å². The van der Waals surface area contributed by atoms with Crippen molar-refractivity contribution in [3.05, 3.63) is 29.6 Å². The van der Waals surface area contributed by atoms with Crippen molar-refractivity contribution >= 4 is 0 Å². The largest absolute Gasteiger partial charge is 0.389 e. The van der Waals surface area contributed by atoms with Gasteiger partial charge in [0.15, 0.2) is 0 Å². The highest BCUT2D eigenvalue weighted by Gasteiger charge is 2.36. The van der Waals surface area contributed by atoms with Crippen LogP contribution in [0.2, 0.25) is 0 Å². The van der Waals surface area contributed by atoms with Crippen LogP contribution in [0.15, 0.2) is 18.3 Å². The summed E-state index contributed by atoms with van der Waals surface area (Å²) in [5.41, 5.74) is 7.20. The van der Waals surface area contributed by atoms with Crippen molar-refractivity contribution in [3.63, 3.8) is 0 Å². The van der Waals surface area contributed by atoms with Crippen LogP contribution in [0.25, 0.3) is 0 Å². The normalized spacial score (nSPS) is 23.6. The molecule has 1 aromatic heterocycles. The molecule has 1 heterocycles. The van der Waals surface area contributed by atoms with Gasteiger partial charge in [-0.3, -0.25) is 4.98 Å². The van der Waals surface area contributed by atoms with Gasteiger partial charge in [-0.05, 0) is 50.8 Å². The molecular formula is C13H20N2O. The summed E-state index contributed by atoms with van der Waals surface area (Å²) in [6, 6.07) is 4.09. The third-order valence-corrected chi connectivity index (χ3v) is 3.60. The van der Waals surface area contributed by atoms with Crippen molar-refractivity contribution in [3.8, 4) is 0 Å². The smallest absolute Gasteiger partial charge is 0.0715 e. The standard InChI is InChI=1S/C13H20N2O/c1-13(16,7-8-14)11-6-2-4-10-5-3-9-15-12(10)11/h3,5,9,11,16H,2,4,6-8,14H2,1H3. The van der Waals surface area contributed by atoms with Crippen LogP contribution in [-0.2, 0) is 6.42 Å². The Bertz CT molecular complexity index is 363. The Labute approximate surface area is 96.7 Å². The number of hydrogen-bond acceptors (Lipinski definition) is 3. The van der Waals surface area contributed by atoms with Gasteiger partial charge in [0.1, 0.15) is 0 Å². The molecule has 0 saturated carbocycles. The number of hydrogen-bond donors (Lipinski definition) is 2. The minimum Gasteiger partial charge on any atom is -0.389 e. The molecular weight excluding hydrogens is 200 g/mol. The molecule has 0 fully saturated rings. The summed E-state index contributed by atoms with van der Waals surface area (Å²) >= 11 is 0. The van der Waals surface area contributed by atoms with Crippen molar-refractivity contribution < 1.29 is 5.11 Å². The Morgan fingerprint density at radius 2 is 2.44 bits per heavy atom. The van der Waals surface area contributed by atoms with Crippen LogP contribution in [0.4, 0.5) is 0 Å². The third-order valence-electron chi connectivity index (χ3n) is 3.60. The fraction of sp³-hybridized carbons (Fsp3) is 0.615. The molecule has 0 aliphatic heterocycles. The molecule has 1 aliphatic carbocycles. The van der Waals surface area contributed by atoms with E-state index < -0.39 is 5.60 Å². The fourth-order valence-electron chi connectivity index (χ4n) is 2.68. The zero-order valence-corrected chi connectivity index (χ0v) is 9.82. The second kappa shape index (κ2) is 4.52. The van der Waals surface area contributed by atoms with E-state index in [1.165, 1.54) is 5.56 Å². The number of fused-ring (bicyclic) bond motifs is 1. The summed E-state index contributed by atoms with van der Waals surface area (Å²) in [4.78, 5) is 4.45. The van der Waals surface area contributed by atoms with E-state index in [-0.39, 0.29) is 5.92 Å². The second-order valence-corrected chi connectivity index (χ2v) is 4.89. The monoisotopic (exact) mass is 220 g/mol. The highest BCUT2D eigenvalue weighted by molar-refractivity contribution is 5.28. The molecule has 0 bridgehead atoms. The van der Waals surface area contributed by atoms with Gasteiger partial charge in [0.25, 0.3) is 0 Å². The molecule has 3 N–H and O–H groups in total. The summed E-state index contributed by atoms with van der Waals surface area (Å²) in [6.45, 7) is 2.40. The van der Waals surface area contributed by atoms with E-state index in [0.29, 0.717) is 13.0 Å². The molecule has 16 heavy (non-hydrogen) atoms. The minimum absolute atomic E-state index is 0.140. The van der Waals surface area contributed by atoms with Gasteiger partial charge in [0, 0.05) is 17.8 Å². The number of aliphatic hydroxyl groups is 1. The molecule has 3 heteroatoms. The minimum atomic E-state index is -0.724. The van der Waals surface area contributed by atoms with Crippen LogP contribution in [0.3, 0.4) is 0 Å². The van der Waals surface area contributed by atoms with E-state index in [2.05, 4.69) is 11.1 Å². The average molecular weight is 220 g/mol. The Morgan fingerprint density at radius 3 is 3.19 bits per heavy atom. The van der Waals surface area contributed by atoms with E-state index in [4.69, 9.17) is 5.73 Å². The zero-order chi connectivity index (χ0) is 11.6. The fourth-order valence-corrected chi connectivity index (χ4v) is 2.68. The van der Waals surface area contributed by atoms with Crippen LogP contribution in [0.5, 0.6) is 0 Å². The number of aromatic nitrogens is 1. The summed E-state index contributed by atoms with van der Waals surface area (Å²) in [5.74, 6) is 0.140. The zero-order valence-electron chi connectivity index (χ0n) is 9.82. The quantitative estimate of drug-likeness (QED) is 0.813. The van der Waals surface area contributed by atoms with Crippen molar-refractivity contribution in [2.24, 2.45) is 5.73 Å². The Hall–Kier alpha value is -0.930. The maximum Gasteiger partial charge on any atom is 0.0715 e. The first kappa shape index (κ1) is 11.6. The van der Waals surface area contributed by atoms with Gasteiger partial charge >= 0.3 is 0 Å². The maximum absolute atomic E-state index is 10.5. The molecule has 0 amide bonds. The Kier molecular flexibility index (Phi) is 3.26. The summed E-state index contributed by atoms with van der Waals surface area (Å²) in [5, 5.41) is 10.5. The first-order chi connectivity index (χ1) is 7.65. The van der Waals surface area contributed by atoms with E-state index in [0.717, 1.165) is 25.0 Å². The van der Waals surface area contributed by atoms with Crippen LogP contribution in [0.1, 0.15) is 43.4 Å². The molecule has 1 aromatic rings. The van der Waals surface area contributed by atoms with E-state index in [1.54, 1.807) is 0 Å². The average Bonchev–Trinajstić information content (AvgIpc) is 2.28. The molecule has 88 valence electrons. The molecule has 2 atom stereocenters. The molecule has 2 rings (SSSR count). The molecule has 3 nitrogen and oxygen atoms in total. The molecule has 0 saturated heterocycles. The Morgan fingerprint density at radius 1 is 1.62 bits per heavy atom. The molecule has 1 aliphatic rings. The summed E-state index contributed by atoms with van der Waals surface area (Å²) in [6.07, 6.45) is 5.67. The molecule has 0 aromatic carbocycles. The Balaban J connectivity index is 2.31. The SMILES string of the molecule is CC(O)(CCN)C1CCCc2cccnc21. The second-order valence-electron chi connectivity index (χ2n) is 4.89. The third kappa shape index (κ3) is 2.11. The van der Waals surface area contributed by atoms with Gasteiger partial charge in [-0.15, -0.1) is 0 Å². The lowest BCUT2D eigenvalue weighted by Gasteiger charge is -2.36. The maximum atomic E-state index is 10.5. The van der Waals surface area contributed by atoms with Crippen LogP contribution >= 0.6 is 0 Å². The first-order valence-corrected chi connectivity index (χ1v) is 6.01. The van der Waals surface area contributed by atoms with E-state index in [9.17, 15) is 5.11 Å². The van der Waals surface area contributed by atoms with Crippen molar-refractivity contribution in [1.82, 2.24) is 4.98 Å². The van der Waals surface area contributed by atoms with Crippen LogP contribution in [0, 0.1) is 0 Å². The van der Waals surface area contributed by atoms with Crippen LogP contribution < -0.4 is 5.73 Å². The topological polar surface area (TPSA) is 59.1 Å². The number of aryl methyl sites for hydroxylation is 1. The molecule has 0 radical (unpaired) electrons. The molecule has 2 unspecified atom stereocenters. The van der Waals surface area contributed by atoms with Gasteiger partial charge in [0.05, 0.1) is 5.60 Å². The predicted octanol–water partition coefficient (Wildman–Crippen LogP) is 1.60. The van der Waals surface area contributed by atoms with Gasteiger partial charge in [-0.2, -0.15) is 0 Å². The highest BCUT2D eigenvalue weighted by atomic mass is 16.3. The van der Waals surface area contributed by atoms with Gasteiger partial charge in [-0.25, -0.2) is 0 Å². The molecule has 0 spiro atoms. The number of nitrogens with two attached hydrogens (primary N) is 1. The van der Waals surface area contributed by atoms with Crippen LogP contribution in [-0.4, -0.2) is 22.2 Å². The lowest BCUT2D eigenvalue weighted by atomic mass is 9.75. The van der Waals surface area contributed by atoms with E-state index in [1.807, 2.05) is 19.2 Å².